The number of carboxylic acid groups (broad SMARTS) is 2. The van der Waals surface area contributed by atoms with Gasteiger partial charge in [-0.3, -0.25) is 19.2 Å². The fourth-order valence-electron chi connectivity index (χ4n) is 4.60. The summed E-state index contributed by atoms with van der Waals surface area (Å²) in [5, 5.41) is 29.0. The van der Waals surface area contributed by atoms with Crippen molar-refractivity contribution in [1.82, 2.24) is 15.0 Å². The molecule has 2 N–H and O–H groups in total. The Morgan fingerprint density at radius 3 is 2.48 bits per heavy atom. The Morgan fingerprint density at radius 2 is 1.71 bits per heavy atom. The summed E-state index contributed by atoms with van der Waals surface area (Å²) in [6.45, 7) is -0.0408. The molecule has 2 aromatic heterocycles. The van der Waals surface area contributed by atoms with Crippen LogP contribution < -0.4 is 10.3 Å². The van der Waals surface area contributed by atoms with Crippen LogP contribution in [0.2, 0.25) is 5.02 Å². The maximum absolute atomic E-state index is 13.2. The van der Waals surface area contributed by atoms with E-state index in [1.807, 2.05) is 18.2 Å². The van der Waals surface area contributed by atoms with Gasteiger partial charge in [-0.1, -0.05) is 47.1 Å². The fraction of sp³-hybridized carbons (Fsp3) is 0.200. The standard InChI is InChI=1S/C30H24ClN3O8/c31-22-7-3-1-5-18(22)11-14-41-20-9-10-25-19(15-20)16-26(42-25)24(35)17-30(28(37)38,29(39)40)12-13-34-27(36)21-6-2-4-8-23(21)32-33-34/h1-10,15-16H,11-14,17H2,(H,37,38)(H,39,40). The number of aromatic nitrogens is 3. The number of benzene rings is 3. The monoisotopic (exact) mass is 589 g/mol. The lowest BCUT2D eigenvalue weighted by atomic mass is 9.79. The SMILES string of the molecule is O=C(CC(CCn1nnc2ccccc2c1=O)(C(=O)O)C(=O)O)c1cc2cc(OCCc3ccccc3Cl)ccc2o1. The van der Waals surface area contributed by atoms with E-state index in [9.17, 15) is 29.4 Å². The molecule has 0 spiro atoms. The van der Waals surface area contributed by atoms with Crippen molar-refractivity contribution in [2.24, 2.45) is 5.41 Å². The van der Waals surface area contributed by atoms with E-state index in [1.54, 1.807) is 42.5 Å². The van der Waals surface area contributed by atoms with Crippen LogP contribution in [0.5, 0.6) is 5.75 Å². The van der Waals surface area contributed by atoms with Gasteiger partial charge in [-0.15, -0.1) is 5.10 Å². The zero-order valence-electron chi connectivity index (χ0n) is 22.0. The summed E-state index contributed by atoms with van der Waals surface area (Å²) >= 11 is 6.19. The highest BCUT2D eigenvalue weighted by Crippen LogP contribution is 2.32. The second-order valence-electron chi connectivity index (χ2n) is 9.68. The molecule has 0 amide bonds. The van der Waals surface area contributed by atoms with Crippen molar-refractivity contribution in [3.63, 3.8) is 0 Å². The molecule has 0 saturated heterocycles. The maximum atomic E-state index is 13.2. The molecule has 12 heteroatoms. The molecule has 42 heavy (non-hydrogen) atoms. The molecule has 214 valence electrons. The molecule has 0 aliphatic heterocycles. The Kier molecular flexibility index (Phi) is 8.03. The van der Waals surface area contributed by atoms with Crippen molar-refractivity contribution < 1.29 is 33.8 Å². The maximum Gasteiger partial charge on any atom is 0.321 e. The number of ketones is 1. The van der Waals surface area contributed by atoms with Crippen LogP contribution in [-0.4, -0.2) is 49.5 Å². The van der Waals surface area contributed by atoms with Crippen molar-refractivity contribution in [1.29, 1.82) is 0 Å². The number of carbonyl (C=O) groups is 3. The van der Waals surface area contributed by atoms with Gasteiger partial charge < -0.3 is 19.4 Å². The summed E-state index contributed by atoms with van der Waals surface area (Å²) in [6, 6.07) is 20.2. The lowest BCUT2D eigenvalue weighted by molar-refractivity contribution is -0.165. The summed E-state index contributed by atoms with van der Waals surface area (Å²) in [5.74, 6) is -3.96. The Morgan fingerprint density at radius 1 is 0.976 bits per heavy atom. The third-order valence-electron chi connectivity index (χ3n) is 7.02. The van der Waals surface area contributed by atoms with E-state index in [4.69, 9.17) is 20.8 Å². The van der Waals surface area contributed by atoms with E-state index in [2.05, 4.69) is 10.3 Å². The Labute approximate surface area is 242 Å². The molecule has 0 aliphatic rings. The summed E-state index contributed by atoms with van der Waals surface area (Å²) in [7, 11) is 0. The largest absolute Gasteiger partial charge is 0.493 e. The average molecular weight is 590 g/mol. The molecule has 0 fully saturated rings. The lowest BCUT2D eigenvalue weighted by Gasteiger charge is -2.23. The van der Waals surface area contributed by atoms with Crippen LogP contribution in [0.25, 0.3) is 21.9 Å². The fourth-order valence-corrected chi connectivity index (χ4v) is 4.83. The van der Waals surface area contributed by atoms with Crippen LogP contribution in [0.4, 0.5) is 0 Å². The van der Waals surface area contributed by atoms with Gasteiger partial charge in [0.2, 0.25) is 0 Å². The van der Waals surface area contributed by atoms with Crippen LogP contribution >= 0.6 is 11.6 Å². The predicted molar refractivity (Wildman–Crippen MR) is 152 cm³/mol. The smallest absolute Gasteiger partial charge is 0.321 e. The van der Waals surface area contributed by atoms with Gasteiger partial charge in [-0.2, -0.15) is 0 Å². The molecule has 0 aliphatic carbocycles. The number of hydrogen-bond acceptors (Lipinski definition) is 8. The molecule has 0 bridgehead atoms. The van der Waals surface area contributed by atoms with Gasteiger partial charge >= 0.3 is 11.9 Å². The Bertz CT molecular complexity index is 1870. The minimum atomic E-state index is -2.55. The van der Waals surface area contributed by atoms with Crippen LogP contribution in [0, 0.1) is 5.41 Å². The van der Waals surface area contributed by atoms with E-state index in [1.165, 1.54) is 12.1 Å². The highest BCUT2D eigenvalue weighted by Gasteiger charge is 2.48. The van der Waals surface area contributed by atoms with Gasteiger partial charge in [0, 0.05) is 29.8 Å². The first kappa shape index (κ1) is 28.5. The van der Waals surface area contributed by atoms with Gasteiger partial charge in [-0.05, 0) is 54.4 Å². The zero-order valence-corrected chi connectivity index (χ0v) is 22.8. The van der Waals surface area contributed by atoms with E-state index < -0.39 is 48.1 Å². The van der Waals surface area contributed by atoms with Gasteiger partial charge in [-0.25, -0.2) is 4.68 Å². The van der Waals surface area contributed by atoms with Crippen LogP contribution in [-0.2, 0) is 22.6 Å². The Balaban J connectivity index is 1.32. The quantitative estimate of drug-likeness (QED) is 0.155. The van der Waals surface area contributed by atoms with Gasteiger partial charge in [0.25, 0.3) is 5.56 Å². The molecule has 5 rings (SSSR count). The number of fused-ring (bicyclic) bond motifs is 2. The molecular formula is C30H24ClN3O8. The number of halogens is 1. The summed E-state index contributed by atoms with van der Waals surface area (Å²) < 4.78 is 12.3. The zero-order chi connectivity index (χ0) is 29.9. The number of hydrogen-bond donors (Lipinski definition) is 2. The van der Waals surface area contributed by atoms with Crippen molar-refractivity contribution in [2.75, 3.05) is 6.61 Å². The van der Waals surface area contributed by atoms with Crippen LogP contribution in [0.15, 0.2) is 82.0 Å². The number of Topliss-reactive ketones (excluding diaryl/α,β-unsaturated/α-hetero) is 1. The van der Waals surface area contributed by atoms with Crippen molar-refractivity contribution in [2.45, 2.75) is 25.8 Å². The van der Waals surface area contributed by atoms with E-state index >= 15 is 0 Å². The van der Waals surface area contributed by atoms with E-state index in [0.29, 0.717) is 40.3 Å². The highest BCUT2D eigenvalue weighted by molar-refractivity contribution is 6.31. The molecule has 11 nitrogen and oxygen atoms in total. The number of rotatable bonds is 12. The number of aryl methyl sites for hydroxylation is 1. The van der Waals surface area contributed by atoms with Crippen molar-refractivity contribution >= 4 is 51.2 Å². The summed E-state index contributed by atoms with van der Waals surface area (Å²) in [4.78, 5) is 50.5. The number of furan rings is 1. The first-order valence-corrected chi connectivity index (χ1v) is 13.3. The van der Waals surface area contributed by atoms with Crippen LogP contribution in [0.1, 0.15) is 29.0 Å². The van der Waals surface area contributed by atoms with Gasteiger partial charge in [0.15, 0.2) is 17.0 Å². The van der Waals surface area contributed by atoms with Crippen LogP contribution in [0.3, 0.4) is 0 Å². The van der Waals surface area contributed by atoms with E-state index in [-0.39, 0.29) is 11.1 Å². The topological polar surface area (TPSA) is 162 Å². The molecule has 2 heterocycles. The van der Waals surface area contributed by atoms with Gasteiger partial charge in [0.05, 0.1) is 12.0 Å². The molecule has 0 unspecified atom stereocenters. The Hall–Kier alpha value is -5.03. The minimum absolute atomic E-state index is 0.201. The number of carboxylic acids is 2. The van der Waals surface area contributed by atoms with Crippen molar-refractivity contribution in [3.05, 3.63) is 99.5 Å². The number of nitrogens with zero attached hydrogens (tertiary/aromatic N) is 3. The molecule has 0 radical (unpaired) electrons. The normalized spacial score (nSPS) is 11.5. The molecule has 0 atom stereocenters. The second kappa shape index (κ2) is 11.8. The highest BCUT2D eigenvalue weighted by atomic mass is 35.5. The number of ether oxygens (including phenoxy) is 1. The third-order valence-corrected chi connectivity index (χ3v) is 7.39. The number of carbonyl (C=O) groups excluding carboxylic acids is 1. The molecule has 0 saturated carbocycles. The minimum Gasteiger partial charge on any atom is -0.493 e. The van der Waals surface area contributed by atoms with E-state index in [0.717, 1.165) is 10.2 Å². The molecule has 3 aromatic carbocycles. The first-order valence-electron chi connectivity index (χ1n) is 12.9. The molecule has 5 aromatic rings. The van der Waals surface area contributed by atoms with Gasteiger partial charge in [0.1, 0.15) is 16.8 Å². The predicted octanol–water partition coefficient (Wildman–Crippen LogP) is 4.63. The third kappa shape index (κ3) is 5.72. The molecular weight excluding hydrogens is 566 g/mol. The summed E-state index contributed by atoms with van der Waals surface area (Å²) in [5.41, 5.74) is -1.48. The first-order chi connectivity index (χ1) is 20.2. The summed E-state index contributed by atoms with van der Waals surface area (Å²) in [6.07, 6.45) is -0.926. The average Bonchev–Trinajstić information content (AvgIpc) is 3.41. The van der Waals surface area contributed by atoms with Crippen molar-refractivity contribution in [3.8, 4) is 5.75 Å². The lowest BCUT2D eigenvalue weighted by Crippen LogP contribution is -2.43. The number of aliphatic carboxylic acids is 2. The second-order valence-corrected chi connectivity index (χ2v) is 10.1.